The van der Waals surface area contributed by atoms with Gasteiger partial charge in [0.1, 0.15) is 5.75 Å². The zero-order chi connectivity index (χ0) is 19.5. The number of aryl methyl sites for hydroxylation is 1. The average Bonchev–Trinajstić information content (AvgIpc) is 2.69. The van der Waals surface area contributed by atoms with Crippen LogP contribution in [0.2, 0.25) is 0 Å². The third kappa shape index (κ3) is 7.52. The quantitative estimate of drug-likeness (QED) is 0.434. The summed E-state index contributed by atoms with van der Waals surface area (Å²) in [6.07, 6.45) is 1.82. The lowest BCUT2D eigenvalue weighted by Crippen LogP contribution is -2.33. The van der Waals surface area contributed by atoms with E-state index in [0.717, 1.165) is 12.8 Å². The van der Waals surface area contributed by atoms with Crippen LogP contribution in [0.15, 0.2) is 59.6 Å². The topological polar surface area (TPSA) is 59.9 Å². The van der Waals surface area contributed by atoms with E-state index in [-0.39, 0.29) is 11.9 Å². The van der Waals surface area contributed by atoms with Gasteiger partial charge in [-0.2, -0.15) is 0 Å². The van der Waals surface area contributed by atoms with E-state index in [1.807, 2.05) is 18.2 Å². The fourth-order valence-electron chi connectivity index (χ4n) is 2.41. The predicted molar refractivity (Wildman–Crippen MR) is 108 cm³/mol. The van der Waals surface area contributed by atoms with Gasteiger partial charge in [0.25, 0.3) is 11.9 Å². The number of rotatable bonds is 8. The van der Waals surface area contributed by atoms with E-state index >= 15 is 0 Å². The average molecular weight is 368 g/mol. The Hall–Kier alpha value is -2.82. The molecule has 2 aromatic carbocycles. The van der Waals surface area contributed by atoms with E-state index < -0.39 is 0 Å². The van der Waals surface area contributed by atoms with E-state index in [1.165, 1.54) is 5.56 Å². The van der Waals surface area contributed by atoms with Crippen LogP contribution in [0.3, 0.4) is 0 Å². The summed E-state index contributed by atoms with van der Waals surface area (Å²) in [5.41, 5.74) is 1.78. The molecule has 5 nitrogen and oxygen atoms in total. The Kier molecular flexibility index (Phi) is 8.36. The van der Waals surface area contributed by atoms with Crippen molar-refractivity contribution in [2.45, 2.75) is 26.7 Å². The van der Waals surface area contributed by atoms with Crippen LogP contribution in [-0.2, 0) is 11.2 Å². The molecule has 0 aliphatic rings. The van der Waals surface area contributed by atoms with Gasteiger partial charge in [0.05, 0.1) is 13.7 Å². The van der Waals surface area contributed by atoms with Gasteiger partial charge in [-0.1, -0.05) is 50.2 Å². The van der Waals surface area contributed by atoms with Crippen LogP contribution in [-0.4, -0.2) is 32.2 Å². The largest absolute Gasteiger partial charge is 0.497 e. The van der Waals surface area contributed by atoms with Gasteiger partial charge < -0.3 is 9.47 Å². The molecule has 0 spiro atoms. The second kappa shape index (κ2) is 11.0. The van der Waals surface area contributed by atoms with Crippen molar-refractivity contribution in [2.75, 3.05) is 20.3 Å². The highest BCUT2D eigenvalue weighted by molar-refractivity contribution is 6.04. The number of amidine groups is 1. The molecular formula is C22H28N2O3. The molecule has 0 saturated heterocycles. The zero-order valence-corrected chi connectivity index (χ0v) is 16.3. The van der Waals surface area contributed by atoms with Gasteiger partial charge in [0.2, 0.25) is 0 Å². The Morgan fingerprint density at radius 1 is 1.11 bits per heavy atom. The fourth-order valence-corrected chi connectivity index (χ4v) is 2.41. The van der Waals surface area contributed by atoms with Crippen molar-refractivity contribution in [2.24, 2.45) is 10.9 Å². The Morgan fingerprint density at radius 3 is 2.59 bits per heavy atom. The van der Waals surface area contributed by atoms with Gasteiger partial charge in [0, 0.05) is 12.1 Å². The fraction of sp³-hybridized carbons (Fsp3) is 0.364. The lowest BCUT2D eigenvalue weighted by Gasteiger charge is -2.13. The summed E-state index contributed by atoms with van der Waals surface area (Å²) in [6, 6.07) is 17.5. The summed E-state index contributed by atoms with van der Waals surface area (Å²) in [5, 5.41) is 2.77. The Labute approximate surface area is 161 Å². The van der Waals surface area contributed by atoms with Crippen LogP contribution in [0.4, 0.5) is 0 Å². The summed E-state index contributed by atoms with van der Waals surface area (Å²) in [5.74, 6) is 0.708. The second-order valence-electron chi connectivity index (χ2n) is 6.67. The number of benzene rings is 2. The molecule has 0 unspecified atom stereocenters. The van der Waals surface area contributed by atoms with Crippen molar-refractivity contribution >= 4 is 11.9 Å². The number of carbonyl (C=O) groups is 1. The van der Waals surface area contributed by atoms with Crippen molar-refractivity contribution in [1.29, 1.82) is 0 Å². The van der Waals surface area contributed by atoms with Crippen LogP contribution in [0.5, 0.6) is 5.75 Å². The molecule has 5 heteroatoms. The van der Waals surface area contributed by atoms with Gasteiger partial charge >= 0.3 is 0 Å². The monoisotopic (exact) mass is 368 g/mol. The highest BCUT2D eigenvalue weighted by atomic mass is 16.5. The number of aliphatic imine (C=N–C) groups is 1. The summed E-state index contributed by atoms with van der Waals surface area (Å²) in [7, 11) is 1.57. The van der Waals surface area contributed by atoms with Crippen molar-refractivity contribution in [3.8, 4) is 5.75 Å². The number of hydrogen-bond donors (Lipinski definition) is 1. The molecule has 2 rings (SSSR count). The van der Waals surface area contributed by atoms with E-state index in [0.29, 0.717) is 30.4 Å². The van der Waals surface area contributed by atoms with Gasteiger partial charge in [-0.25, -0.2) is 4.99 Å². The number of carbonyl (C=O) groups excluding carboxylic acids is 1. The van der Waals surface area contributed by atoms with Crippen LogP contribution in [0.25, 0.3) is 0 Å². The van der Waals surface area contributed by atoms with Crippen LogP contribution in [0, 0.1) is 5.92 Å². The minimum absolute atomic E-state index is 0.264. The van der Waals surface area contributed by atoms with Crippen molar-refractivity contribution in [3.05, 3.63) is 65.7 Å². The molecule has 144 valence electrons. The first-order valence-electron chi connectivity index (χ1n) is 9.25. The van der Waals surface area contributed by atoms with E-state index in [1.54, 1.807) is 31.4 Å². The molecule has 0 aliphatic heterocycles. The first-order chi connectivity index (χ1) is 13.1. The molecule has 0 bridgehead atoms. The molecule has 27 heavy (non-hydrogen) atoms. The highest BCUT2D eigenvalue weighted by Crippen LogP contribution is 2.12. The second-order valence-corrected chi connectivity index (χ2v) is 6.67. The first kappa shape index (κ1) is 20.5. The van der Waals surface area contributed by atoms with Crippen molar-refractivity contribution < 1.29 is 14.3 Å². The van der Waals surface area contributed by atoms with Crippen LogP contribution >= 0.6 is 0 Å². The molecule has 0 aromatic heterocycles. The third-order valence-corrected chi connectivity index (χ3v) is 3.83. The Bertz CT molecular complexity index is 742. The predicted octanol–water partition coefficient (Wildman–Crippen LogP) is 4.09. The molecule has 0 saturated carbocycles. The zero-order valence-electron chi connectivity index (χ0n) is 16.3. The highest BCUT2D eigenvalue weighted by Gasteiger charge is 2.11. The van der Waals surface area contributed by atoms with Crippen molar-refractivity contribution in [3.63, 3.8) is 0 Å². The molecular weight excluding hydrogens is 340 g/mol. The van der Waals surface area contributed by atoms with Gasteiger partial charge in [-0.05, 0) is 42.5 Å². The normalized spacial score (nSPS) is 11.3. The molecule has 0 aliphatic carbocycles. The maximum absolute atomic E-state index is 12.5. The number of methoxy groups -OCH3 is 1. The molecule has 0 fully saturated rings. The number of nitrogens with one attached hydrogen (secondary N) is 1. The van der Waals surface area contributed by atoms with Gasteiger partial charge in [-0.15, -0.1) is 0 Å². The molecule has 0 atom stereocenters. The number of amides is 1. The minimum Gasteiger partial charge on any atom is -0.497 e. The molecule has 0 radical (unpaired) electrons. The van der Waals surface area contributed by atoms with Gasteiger partial charge in [-0.3, -0.25) is 10.1 Å². The molecule has 0 heterocycles. The summed E-state index contributed by atoms with van der Waals surface area (Å²) in [6.45, 7) is 5.18. The molecule has 1 N–H and O–H groups in total. The van der Waals surface area contributed by atoms with E-state index in [9.17, 15) is 4.79 Å². The van der Waals surface area contributed by atoms with E-state index in [2.05, 4.69) is 36.3 Å². The number of ether oxygens (including phenoxy) is 2. The van der Waals surface area contributed by atoms with E-state index in [4.69, 9.17) is 9.47 Å². The lowest BCUT2D eigenvalue weighted by atomic mass is 10.1. The molecule has 1 amide bonds. The number of hydrogen-bond acceptors (Lipinski definition) is 4. The first-order valence-corrected chi connectivity index (χ1v) is 9.25. The standard InChI is InChI=1S/C22H28N2O3/c1-17(2)16-27-22(23-14-8-11-18-9-5-4-6-10-18)24-21(25)19-12-7-13-20(15-19)26-3/h4-7,9-10,12-13,15,17H,8,11,14,16H2,1-3H3,(H,23,24,25). The Morgan fingerprint density at radius 2 is 1.89 bits per heavy atom. The van der Waals surface area contributed by atoms with Crippen molar-refractivity contribution in [1.82, 2.24) is 5.32 Å². The lowest BCUT2D eigenvalue weighted by molar-refractivity contribution is 0.0963. The maximum Gasteiger partial charge on any atom is 0.291 e. The summed E-state index contributed by atoms with van der Waals surface area (Å²) >= 11 is 0. The Balaban J connectivity index is 1.96. The third-order valence-electron chi connectivity index (χ3n) is 3.83. The SMILES string of the molecule is COc1cccc(C(=O)NC(=NCCCc2ccccc2)OCC(C)C)c1. The number of nitrogens with zero attached hydrogens (tertiary/aromatic N) is 1. The summed E-state index contributed by atoms with van der Waals surface area (Å²) < 4.78 is 10.9. The minimum atomic E-state index is -0.264. The van der Waals surface area contributed by atoms with Crippen LogP contribution in [0.1, 0.15) is 36.2 Å². The molecule has 2 aromatic rings. The maximum atomic E-state index is 12.5. The van der Waals surface area contributed by atoms with Crippen LogP contribution < -0.4 is 10.1 Å². The summed E-state index contributed by atoms with van der Waals surface area (Å²) in [4.78, 5) is 16.9. The smallest absolute Gasteiger partial charge is 0.291 e. The van der Waals surface area contributed by atoms with Gasteiger partial charge in [0.15, 0.2) is 0 Å².